The van der Waals surface area contributed by atoms with Gasteiger partial charge in [0.05, 0.1) is 29.9 Å². The standard InChI is InChI=1S/C25H21N3O4/c1-31-17-12-10-16(11-13-17)22(29)15-32-23(30)14-28-21-9-5-2-6-18(21)24-25(28)27-20-8-4-3-7-19(20)26-24/h2-13,18,21H,14-15H2,1H3/t18-,21-/m0/s1. The molecule has 3 aromatic rings. The molecule has 0 fully saturated rings. The van der Waals surface area contributed by atoms with Gasteiger partial charge in [0, 0.05) is 11.5 Å². The summed E-state index contributed by atoms with van der Waals surface area (Å²) in [7, 11) is 1.56. The maximum atomic E-state index is 12.7. The zero-order valence-corrected chi connectivity index (χ0v) is 17.5. The first-order valence-corrected chi connectivity index (χ1v) is 10.4. The van der Waals surface area contributed by atoms with Crippen molar-refractivity contribution in [2.24, 2.45) is 0 Å². The van der Waals surface area contributed by atoms with Crippen molar-refractivity contribution in [3.8, 4) is 5.75 Å². The second-order valence-electron chi connectivity index (χ2n) is 7.65. The number of Topliss-reactive ketones (excluding diaryl/α,β-unsaturated/α-hetero) is 1. The second kappa shape index (κ2) is 8.26. The molecule has 2 aliphatic rings. The summed E-state index contributed by atoms with van der Waals surface area (Å²) >= 11 is 0. The summed E-state index contributed by atoms with van der Waals surface area (Å²) in [6, 6.07) is 14.3. The smallest absolute Gasteiger partial charge is 0.326 e. The average molecular weight is 427 g/mol. The summed E-state index contributed by atoms with van der Waals surface area (Å²) < 4.78 is 10.4. The van der Waals surface area contributed by atoms with Gasteiger partial charge >= 0.3 is 5.97 Å². The Bertz CT molecular complexity index is 1250. The Balaban J connectivity index is 1.32. The number of carbonyl (C=O) groups excluding carboxylic acids is 2. The zero-order chi connectivity index (χ0) is 22.1. The molecule has 0 bridgehead atoms. The van der Waals surface area contributed by atoms with Crippen molar-refractivity contribution in [3.63, 3.8) is 0 Å². The fraction of sp³-hybridized carbons (Fsp3) is 0.200. The molecular formula is C25H21N3O4. The molecule has 0 radical (unpaired) electrons. The van der Waals surface area contributed by atoms with Gasteiger partial charge in [-0.15, -0.1) is 0 Å². The molecule has 160 valence electrons. The largest absolute Gasteiger partial charge is 0.497 e. The number of rotatable bonds is 6. The van der Waals surface area contributed by atoms with Crippen LogP contribution in [0.15, 0.2) is 72.8 Å². The Labute approximate surface area is 185 Å². The van der Waals surface area contributed by atoms with Crippen LogP contribution in [0.1, 0.15) is 22.0 Å². The van der Waals surface area contributed by atoms with Crippen LogP contribution in [0.3, 0.4) is 0 Å². The number of carbonyl (C=O) groups is 2. The molecule has 7 nitrogen and oxygen atoms in total. The third-order valence-electron chi connectivity index (χ3n) is 5.71. The number of hydrogen-bond donors (Lipinski definition) is 0. The van der Waals surface area contributed by atoms with Crippen LogP contribution in [0.25, 0.3) is 11.0 Å². The summed E-state index contributed by atoms with van der Waals surface area (Å²) in [4.78, 5) is 36.5. The first kappa shape index (κ1) is 19.9. The monoisotopic (exact) mass is 427 g/mol. The van der Waals surface area contributed by atoms with Crippen LogP contribution in [0, 0.1) is 0 Å². The fourth-order valence-corrected chi connectivity index (χ4v) is 4.10. The molecule has 2 atom stereocenters. The highest BCUT2D eigenvalue weighted by Crippen LogP contribution is 2.42. The van der Waals surface area contributed by atoms with Crippen LogP contribution in [0.2, 0.25) is 0 Å². The number of ketones is 1. The van der Waals surface area contributed by atoms with Crippen LogP contribution in [0.5, 0.6) is 5.75 Å². The van der Waals surface area contributed by atoms with E-state index in [1.807, 2.05) is 47.4 Å². The molecule has 32 heavy (non-hydrogen) atoms. The minimum Gasteiger partial charge on any atom is -0.497 e. The molecule has 0 N–H and O–H groups in total. The lowest BCUT2D eigenvalue weighted by molar-refractivity contribution is -0.140. The van der Waals surface area contributed by atoms with Crippen LogP contribution in [-0.2, 0) is 9.53 Å². The molecule has 7 heteroatoms. The third-order valence-corrected chi connectivity index (χ3v) is 5.71. The first-order valence-electron chi connectivity index (χ1n) is 10.4. The topological polar surface area (TPSA) is 81.6 Å². The molecule has 2 aromatic carbocycles. The number of anilines is 1. The van der Waals surface area contributed by atoms with E-state index in [-0.39, 0.29) is 30.9 Å². The summed E-state index contributed by atoms with van der Waals surface area (Å²) in [5.41, 5.74) is 2.90. The van der Waals surface area contributed by atoms with Crippen LogP contribution < -0.4 is 9.64 Å². The van der Waals surface area contributed by atoms with Crippen LogP contribution >= 0.6 is 0 Å². The van der Waals surface area contributed by atoms with E-state index in [2.05, 4.69) is 6.08 Å². The maximum Gasteiger partial charge on any atom is 0.326 e. The summed E-state index contributed by atoms with van der Waals surface area (Å²) in [5.74, 6) is 0.585. The van der Waals surface area contributed by atoms with Crippen molar-refractivity contribution in [2.45, 2.75) is 12.0 Å². The Kier molecular flexibility index (Phi) is 5.15. The van der Waals surface area contributed by atoms with E-state index < -0.39 is 5.97 Å². The van der Waals surface area contributed by atoms with Gasteiger partial charge in [0.1, 0.15) is 12.3 Å². The molecule has 0 saturated heterocycles. The number of benzene rings is 2. The number of aromatic nitrogens is 2. The molecule has 2 heterocycles. The molecule has 1 aliphatic carbocycles. The van der Waals surface area contributed by atoms with Gasteiger partial charge in [-0.25, -0.2) is 9.97 Å². The normalized spacial score (nSPS) is 18.3. The number of allylic oxidation sites excluding steroid dienone is 2. The van der Waals surface area contributed by atoms with Gasteiger partial charge in [-0.05, 0) is 36.4 Å². The van der Waals surface area contributed by atoms with E-state index in [0.29, 0.717) is 17.1 Å². The quantitative estimate of drug-likeness (QED) is 0.440. The van der Waals surface area contributed by atoms with E-state index in [9.17, 15) is 9.59 Å². The lowest BCUT2D eigenvalue weighted by Crippen LogP contribution is -2.38. The van der Waals surface area contributed by atoms with E-state index in [1.54, 1.807) is 31.4 Å². The average Bonchev–Trinajstić information content (AvgIpc) is 3.13. The Morgan fingerprint density at radius 2 is 1.69 bits per heavy atom. The van der Waals surface area contributed by atoms with Crippen LogP contribution in [0.4, 0.5) is 5.82 Å². The predicted octanol–water partition coefficient (Wildman–Crippen LogP) is 3.46. The number of esters is 1. The van der Waals surface area contributed by atoms with Gasteiger partial charge < -0.3 is 14.4 Å². The number of fused-ring (bicyclic) bond motifs is 4. The fourth-order valence-electron chi connectivity index (χ4n) is 4.10. The van der Waals surface area contributed by atoms with E-state index in [1.165, 1.54) is 0 Å². The van der Waals surface area contributed by atoms with Crippen LogP contribution in [-0.4, -0.2) is 48.0 Å². The minimum atomic E-state index is -0.489. The maximum absolute atomic E-state index is 12.7. The SMILES string of the molecule is COc1ccc(C(=O)COC(=O)CN2c3nc4ccccc4nc3[C@H]3C=CC=C[C@@H]32)cc1. The zero-order valence-electron chi connectivity index (χ0n) is 17.5. The number of para-hydroxylation sites is 2. The molecule has 0 unspecified atom stereocenters. The molecular weight excluding hydrogens is 406 g/mol. The Morgan fingerprint density at radius 3 is 2.44 bits per heavy atom. The van der Waals surface area contributed by atoms with E-state index >= 15 is 0 Å². The van der Waals surface area contributed by atoms with Crippen molar-refractivity contribution in [1.29, 1.82) is 0 Å². The van der Waals surface area contributed by atoms with E-state index in [4.69, 9.17) is 19.4 Å². The molecule has 0 saturated carbocycles. The number of hydrogen-bond acceptors (Lipinski definition) is 7. The van der Waals surface area contributed by atoms with Gasteiger partial charge in [-0.1, -0.05) is 36.4 Å². The lowest BCUT2D eigenvalue weighted by atomic mass is 9.95. The summed E-state index contributed by atoms with van der Waals surface area (Å²) in [6.07, 6.45) is 8.05. The van der Waals surface area contributed by atoms with E-state index in [0.717, 1.165) is 16.7 Å². The van der Waals surface area contributed by atoms with Crippen molar-refractivity contribution in [3.05, 3.63) is 84.1 Å². The van der Waals surface area contributed by atoms with Gasteiger partial charge in [0.15, 0.2) is 18.2 Å². The minimum absolute atomic E-state index is 0.0147. The Morgan fingerprint density at radius 1 is 0.969 bits per heavy atom. The summed E-state index contributed by atoms with van der Waals surface area (Å²) in [6.45, 7) is -0.339. The summed E-state index contributed by atoms with van der Waals surface area (Å²) in [5, 5.41) is 0. The van der Waals surface area contributed by atoms with Crippen molar-refractivity contribution < 1.29 is 19.1 Å². The van der Waals surface area contributed by atoms with Crippen molar-refractivity contribution in [1.82, 2.24) is 9.97 Å². The first-order chi connectivity index (χ1) is 15.6. The highest BCUT2D eigenvalue weighted by atomic mass is 16.5. The number of nitrogens with zero attached hydrogens (tertiary/aromatic N) is 3. The van der Waals surface area contributed by atoms with Gasteiger partial charge in [0.2, 0.25) is 0 Å². The van der Waals surface area contributed by atoms with Gasteiger partial charge in [-0.3, -0.25) is 9.59 Å². The van der Waals surface area contributed by atoms with Crippen molar-refractivity contribution >= 4 is 28.6 Å². The highest BCUT2D eigenvalue weighted by Gasteiger charge is 2.40. The van der Waals surface area contributed by atoms with Gasteiger partial charge in [-0.2, -0.15) is 0 Å². The highest BCUT2D eigenvalue weighted by molar-refractivity contribution is 5.98. The molecule has 1 aromatic heterocycles. The third kappa shape index (κ3) is 3.62. The molecule has 0 spiro atoms. The second-order valence-corrected chi connectivity index (χ2v) is 7.65. The van der Waals surface area contributed by atoms with Crippen molar-refractivity contribution in [2.75, 3.05) is 25.2 Å². The lowest BCUT2D eigenvalue weighted by Gasteiger charge is -2.26. The molecule has 0 amide bonds. The number of ether oxygens (including phenoxy) is 2. The molecule has 5 rings (SSSR count). The number of methoxy groups -OCH3 is 1. The van der Waals surface area contributed by atoms with Gasteiger partial charge in [0.25, 0.3) is 0 Å². The molecule has 1 aliphatic heterocycles. The Hall–Kier alpha value is -4.00. The predicted molar refractivity (Wildman–Crippen MR) is 120 cm³/mol.